The maximum absolute atomic E-state index is 5.61. The van der Waals surface area contributed by atoms with Crippen molar-refractivity contribution in [2.45, 2.75) is 0 Å². The number of rotatable bonds is 2. The summed E-state index contributed by atoms with van der Waals surface area (Å²) in [6.45, 7) is 0. The molecule has 0 aliphatic heterocycles. The summed E-state index contributed by atoms with van der Waals surface area (Å²) in [5.41, 5.74) is 18.5. The molecule has 0 aliphatic rings. The Hall–Kier alpha value is -2.98. The Morgan fingerprint density at radius 2 is 0.955 bits per heavy atom. The number of hydrazine groups is 1. The normalized spacial score (nSPS) is 9.50. The summed E-state index contributed by atoms with van der Waals surface area (Å²) in [4.78, 5) is 0. The van der Waals surface area contributed by atoms with Crippen molar-refractivity contribution in [1.29, 1.82) is 0 Å². The van der Waals surface area contributed by atoms with Crippen LogP contribution in [0.15, 0.2) is 78.9 Å². The second-order valence-electron chi connectivity index (χ2n) is 4.75. The number of hydrogen-bond acceptors (Lipinski definition) is 4. The van der Waals surface area contributed by atoms with Gasteiger partial charge in [0.25, 0.3) is 0 Å². The van der Waals surface area contributed by atoms with E-state index in [1.807, 2.05) is 78.9 Å². The Kier molecular flexibility index (Phi) is 5.40. The molecule has 3 aromatic rings. The zero-order valence-corrected chi connectivity index (χ0v) is 12.2. The van der Waals surface area contributed by atoms with Gasteiger partial charge in [-0.05, 0) is 47.5 Å². The quantitative estimate of drug-likeness (QED) is 0.330. The Labute approximate surface area is 130 Å². The molecular formula is C18H20N4. The van der Waals surface area contributed by atoms with Crippen LogP contribution in [0.1, 0.15) is 0 Å². The van der Waals surface area contributed by atoms with Gasteiger partial charge in [0.05, 0.1) is 0 Å². The molecule has 3 aromatic carbocycles. The van der Waals surface area contributed by atoms with Crippen LogP contribution in [0, 0.1) is 0 Å². The average molecular weight is 292 g/mol. The molecule has 3 rings (SSSR count). The van der Waals surface area contributed by atoms with Gasteiger partial charge in [0.2, 0.25) is 0 Å². The molecule has 0 saturated heterocycles. The van der Waals surface area contributed by atoms with Gasteiger partial charge in [0.15, 0.2) is 0 Å². The van der Waals surface area contributed by atoms with Gasteiger partial charge >= 0.3 is 0 Å². The second kappa shape index (κ2) is 7.71. The van der Waals surface area contributed by atoms with E-state index in [0.717, 1.165) is 28.2 Å². The summed E-state index contributed by atoms with van der Waals surface area (Å²) < 4.78 is 0. The minimum Gasteiger partial charge on any atom is -0.399 e. The molecule has 0 spiro atoms. The van der Waals surface area contributed by atoms with Gasteiger partial charge in [-0.3, -0.25) is 5.84 Å². The Morgan fingerprint density at radius 3 is 1.27 bits per heavy atom. The first-order valence-corrected chi connectivity index (χ1v) is 6.92. The van der Waals surface area contributed by atoms with E-state index >= 15 is 0 Å². The summed E-state index contributed by atoms with van der Waals surface area (Å²) in [5.74, 6) is 5.10. The standard InChI is InChI=1S/C12H12N2.C6H8N2/c13-11-5-1-9(2-6-11)10-3-7-12(14)8-4-10;7-8-6-4-2-1-3-5-6/h1-8H,13-14H2;1-5,8H,7H2. The summed E-state index contributed by atoms with van der Waals surface area (Å²) in [6.07, 6.45) is 0. The minimum atomic E-state index is 0.782. The number of para-hydroxylation sites is 1. The summed E-state index contributed by atoms with van der Waals surface area (Å²) in [7, 11) is 0. The lowest BCUT2D eigenvalue weighted by Crippen LogP contribution is -2.05. The van der Waals surface area contributed by atoms with Crippen molar-refractivity contribution < 1.29 is 0 Å². The van der Waals surface area contributed by atoms with Gasteiger partial charge in [0, 0.05) is 17.1 Å². The van der Waals surface area contributed by atoms with Crippen LogP contribution in [0.3, 0.4) is 0 Å². The maximum Gasteiger partial charge on any atom is 0.0485 e. The number of nitrogens with two attached hydrogens (primary N) is 3. The van der Waals surface area contributed by atoms with Crippen molar-refractivity contribution >= 4 is 17.1 Å². The van der Waals surface area contributed by atoms with Crippen LogP contribution in [0.25, 0.3) is 11.1 Å². The molecule has 4 nitrogen and oxygen atoms in total. The third-order valence-electron chi connectivity index (χ3n) is 3.10. The van der Waals surface area contributed by atoms with Crippen LogP contribution >= 0.6 is 0 Å². The molecule has 7 N–H and O–H groups in total. The zero-order chi connectivity index (χ0) is 15.8. The molecule has 0 heterocycles. The lowest BCUT2D eigenvalue weighted by molar-refractivity contribution is 1.35. The van der Waals surface area contributed by atoms with E-state index in [1.54, 1.807) is 0 Å². The summed E-state index contributed by atoms with van der Waals surface area (Å²) in [6, 6.07) is 25.2. The van der Waals surface area contributed by atoms with Crippen LogP contribution in [0.4, 0.5) is 17.1 Å². The van der Waals surface area contributed by atoms with E-state index in [4.69, 9.17) is 17.3 Å². The molecule has 0 saturated carbocycles. The predicted octanol–water partition coefficient (Wildman–Crippen LogP) is 3.49. The van der Waals surface area contributed by atoms with E-state index in [1.165, 1.54) is 0 Å². The molecule has 0 radical (unpaired) electrons. The highest BCUT2D eigenvalue weighted by Gasteiger charge is 1.95. The smallest absolute Gasteiger partial charge is 0.0485 e. The van der Waals surface area contributed by atoms with Crippen LogP contribution in [0.5, 0.6) is 0 Å². The third-order valence-corrected chi connectivity index (χ3v) is 3.10. The Morgan fingerprint density at radius 1 is 0.545 bits per heavy atom. The zero-order valence-electron chi connectivity index (χ0n) is 12.2. The molecule has 0 bridgehead atoms. The van der Waals surface area contributed by atoms with E-state index in [-0.39, 0.29) is 0 Å². The fraction of sp³-hybridized carbons (Fsp3) is 0. The van der Waals surface area contributed by atoms with Crippen molar-refractivity contribution in [2.75, 3.05) is 16.9 Å². The summed E-state index contributed by atoms with van der Waals surface area (Å²) >= 11 is 0. The topological polar surface area (TPSA) is 90.1 Å². The largest absolute Gasteiger partial charge is 0.399 e. The number of hydrogen-bond donors (Lipinski definition) is 4. The van der Waals surface area contributed by atoms with Gasteiger partial charge in [-0.15, -0.1) is 0 Å². The number of nitrogens with one attached hydrogen (secondary N) is 1. The Bertz CT molecular complexity index is 633. The van der Waals surface area contributed by atoms with Crippen molar-refractivity contribution in [3.63, 3.8) is 0 Å². The molecular weight excluding hydrogens is 272 g/mol. The molecule has 112 valence electrons. The van der Waals surface area contributed by atoms with E-state index in [9.17, 15) is 0 Å². The van der Waals surface area contributed by atoms with Crippen molar-refractivity contribution in [3.8, 4) is 11.1 Å². The number of nitrogen functional groups attached to an aromatic ring is 3. The Balaban J connectivity index is 0.000000188. The molecule has 0 aliphatic carbocycles. The van der Waals surface area contributed by atoms with Crippen LogP contribution in [0.2, 0.25) is 0 Å². The molecule has 0 unspecified atom stereocenters. The average Bonchev–Trinajstić information content (AvgIpc) is 2.58. The van der Waals surface area contributed by atoms with Crippen LogP contribution in [-0.4, -0.2) is 0 Å². The van der Waals surface area contributed by atoms with E-state index in [2.05, 4.69) is 5.43 Å². The molecule has 0 atom stereocenters. The first-order chi connectivity index (χ1) is 10.7. The highest BCUT2D eigenvalue weighted by atomic mass is 15.2. The molecule has 22 heavy (non-hydrogen) atoms. The highest BCUT2D eigenvalue weighted by Crippen LogP contribution is 2.21. The molecule has 0 fully saturated rings. The molecule has 0 aromatic heterocycles. The van der Waals surface area contributed by atoms with Crippen molar-refractivity contribution in [1.82, 2.24) is 0 Å². The van der Waals surface area contributed by atoms with Crippen molar-refractivity contribution in [3.05, 3.63) is 78.9 Å². The van der Waals surface area contributed by atoms with Gasteiger partial charge in [-0.1, -0.05) is 42.5 Å². The third kappa shape index (κ3) is 4.54. The first-order valence-electron chi connectivity index (χ1n) is 6.92. The van der Waals surface area contributed by atoms with Gasteiger partial charge < -0.3 is 16.9 Å². The molecule has 0 amide bonds. The lowest BCUT2D eigenvalue weighted by Gasteiger charge is -2.02. The van der Waals surface area contributed by atoms with Crippen LogP contribution < -0.4 is 22.7 Å². The lowest BCUT2D eigenvalue weighted by atomic mass is 10.1. The minimum absolute atomic E-state index is 0.782. The van der Waals surface area contributed by atoms with Gasteiger partial charge in [-0.25, -0.2) is 0 Å². The number of anilines is 3. The van der Waals surface area contributed by atoms with E-state index < -0.39 is 0 Å². The van der Waals surface area contributed by atoms with Crippen molar-refractivity contribution in [2.24, 2.45) is 5.84 Å². The first kappa shape index (κ1) is 15.4. The fourth-order valence-corrected chi connectivity index (χ4v) is 1.89. The van der Waals surface area contributed by atoms with Crippen LogP contribution in [-0.2, 0) is 0 Å². The van der Waals surface area contributed by atoms with Gasteiger partial charge in [-0.2, -0.15) is 0 Å². The maximum atomic E-state index is 5.61. The van der Waals surface area contributed by atoms with Gasteiger partial charge in [0.1, 0.15) is 0 Å². The number of benzene rings is 3. The molecule has 4 heteroatoms. The summed E-state index contributed by atoms with van der Waals surface area (Å²) in [5, 5.41) is 0. The predicted molar refractivity (Wildman–Crippen MR) is 95.0 cm³/mol. The fourth-order valence-electron chi connectivity index (χ4n) is 1.89. The monoisotopic (exact) mass is 292 g/mol. The second-order valence-corrected chi connectivity index (χ2v) is 4.75. The SMILES string of the molecule is NNc1ccccc1.Nc1ccc(-c2ccc(N)cc2)cc1. The highest BCUT2D eigenvalue weighted by molar-refractivity contribution is 5.67. The van der Waals surface area contributed by atoms with E-state index in [0.29, 0.717) is 0 Å².